The third-order valence-corrected chi connectivity index (χ3v) is 6.62. The molecule has 3 rings (SSSR count). The standard InChI is InChI=1S/C18H11Cl2F3N2O2S/c19-13-3-2-10(6-16(13)23)28(26,27)18(11-7-17(24)25-8-14(11)20)12-5-9(21)1-4-15(12)22/h1-8,18H,(H2,24,25). The van der Waals surface area contributed by atoms with Gasteiger partial charge >= 0.3 is 0 Å². The van der Waals surface area contributed by atoms with E-state index >= 15 is 0 Å². The number of pyridine rings is 1. The lowest BCUT2D eigenvalue weighted by molar-refractivity contribution is 0.568. The zero-order valence-corrected chi connectivity index (χ0v) is 16.2. The molecule has 0 saturated heterocycles. The number of sulfone groups is 1. The molecule has 0 aliphatic carbocycles. The Hall–Kier alpha value is -2.29. The molecule has 1 heterocycles. The number of benzene rings is 2. The van der Waals surface area contributed by atoms with Crippen LogP contribution in [0.3, 0.4) is 0 Å². The first-order valence-corrected chi connectivity index (χ1v) is 9.96. The van der Waals surface area contributed by atoms with Crippen molar-refractivity contribution in [1.82, 2.24) is 4.98 Å². The van der Waals surface area contributed by atoms with Crippen LogP contribution in [0.15, 0.2) is 53.6 Å². The minimum atomic E-state index is -4.50. The first-order valence-electron chi connectivity index (χ1n) is 7.66. The Morgan fingerprint density at radius 1 is 0.893 bits per heavy atom. The van der Waals surface area contributed by atoms with E-state index in [-0.39, 0.29) is 21.4 Å². The summed E-state index contributed by atoms with van der Waals surface area (Å²) in [5.74, 6) is -2.92. The molecule has 0 bridgehead atoms. The zero-order valence-electron chi connectivity index (χ0n) is 13.8. The van der Waals surface area contributed by atoms with Gasteiger partial charge in [-0.1, -0.05) is 23.2 Å². The minimum Gasteiger partial charge on any atom is -0.384 e. The first-order chi connectivity index (χ1) is 13.1. The average Bonchev–Trinajstić information content (AvgIpc) is 2.63. The molecule has 0 fully saturated rings. The smallest absolute Gasteiger partial charge is 0.189 e. The topological polar surface area (TPSA) is 73.1 Å². The van der Waals surface area contributed by atoms with Crippen LogP contribution in [-0.2, 0) is 9.84 Å². The highest BCUT2D eigenvalue weighted by Gasteiger charge is 2.35. The Bertz CT molecular complexity index is 1120. The van der Waals surface area contributed by atoms with E-state index in [4.69, 9.17) is 28.9 Å². The first kappa shape index (κ1) is 20.4. The minimum absolute atomic E-state index is 0.0845. The van der Waals surface area contributed by atoms with E-state index in [0.717, 1.165) is 42.6 Å². The Labute approximate surface area is 168 Å². The normalized spacial score (nSPS) is 12.8. The number of nitrogens with two attached hydrogens (primary N) is 1. The molecule has 1 unspecified atom stereocenters. The number of nitrogens with zero attached hydrogens (tertiary/aromatic N) is 1. The lowest BCUT2D eigenvalue weighted by atomic mass is 10.0. The maximum absolute atomic E-state index is 14.5. The lowest BCUT2D eigenvalue weighted by Gasteiger charge is -2.21. The summed E-state index contributed by atoms with van der Waals surface area (Å²) in [5, 5.41) is -2.24. The number of aromatic nitrogens is 1. The Kier molecular flexibility index (Phi) is 5.56. The Morgan fingerprint density at radius 2 is 1.61 bits per heavy atom. The van der Waals surface area contributed by atoms with Gasteiger partial charge in [0.05, 0.1) is 14.9 Å². The largest absolute Gasteiger partial charge is 0.384 e. The van der Waals surface area contributed by atoms with Crippen molar-refractivity contribution in [1.29, 1.82) is 0 Å². The predicted molar refractivity (Wildman–Crippen MR) is 100 cm³/mol. The van der Waals surface area contributed by atoms with Crippen molar-refractivity contribution in [2.75, 3.05) is 5.73 Å². The van der Waals surface area contributed by atoms with E-state index in [0.29, 0.717) is 6.07 Å². The van der Waals surface area contributed by atoms with Crippen LogP contribution in [-0.4, -0.2) is 13.4 Å². The summed E-state index contributed by atoms with van der Waals surface area (Å²) < 4.78 is 68.8. The number of hydrogen-bond donors (Lipinski definition) is 1. The molecule has 146 valence electrons. The van der Waals surface area contributed by atoms with Crippen LogP contribution in [0.4, 0.5) is 19.0 Å². The van der Waals surface area contributed by atoms with E-state index in [1.807, 2.05) is 0 Å². The quantitative estimate of drug-likeness (QED) is 0.614. The molecule has 0 amide bonds. The van der Waals surface area contributed by atoms with Crippen molar-refractivity contribution in [2.24, 2.45) is 0 Å². The number of rotatable bonds is 4. The Balaban J connectivity index is 2.34. The van der Waals surface area contributed by atoms with Gasteiger partial charge in [-0.15, -0.1) is 0 Å². The van der Waals surface area contributed by atoms with Gasteiger partial charge in [0.15, 0.2) is 9.84 Å². The number of halogens is 5. The lowest BCUT2D eigenvalue weighted by Crippen LogP contribution is -2.18. The fourth-order valence-corrected chi connectivity index (χ4v) is 4.92. The van der Waals surface area contributed by atoms with E-state index in [1.165, 1.54) is 0 Å². The van der Waals surface area contributed by atoms with Crippen LogP contribution in [0.25, 0.3) is 0 Å². The van der Waals surface area contributed by atoms with Crippen molar-refractivity contribution < 1.29 is 21.6 Å². The summed E-state index contributed by atoms with van der Waals surface area (Å²) in [5.41, 5.74) is 4.99. The molecule has 10 heteroatoms. The Morgan fingerprint density at radius 3 is 2.29 bits per heavy atom. The van der Waals surface area contributed by atoms with E-state index < -0.39 is 43.0 Å². The molecule has 1 aromatic heterocycles. The maximum atomic E-state index is 14.5. The van der Waals surface area contributed by atoms with Gasteiger partial charge in [0, 0.05) is 11.8 Å². The second-order valence-electron chi connectivity index (χ2n) is 5.80. The van der Waals surface area contributed by atoms with Gasteiger partial charge in [-0.25, -0.2) is 26.6 Å². The van der Waals surface area contributed by atoms with Crippen LogP contribution in [0.5, 0.6) is 0 Å². The molecule has 2 N–H and O–H groups in total. The van der Waals surface area contributed by atoms with Crippen molar-refractivity contribution >= 4 is 38.9 Å². The van der Waals surface area contributed by atoms with Crippen molar-refractivity contribution in [3.63, 3.8) is 0 Å². The molecule has 2 aromatic carbocycles. The van der Waals surface area contributed by atoms with Crippen molar-refractivity contribution in [2.45, 2.75) is 10.1 Å². The second-order valence-corrected chi connectivity index (χ2v) is 8.64. The molecule has 4 nitrogen and oxygen atoms in total. The molecule has 0 aliphatic rings. The third-order valence-electron chi connectivity index (χ3n) is 3.96. The van der Waals surface area contributed by atoms with Gasteiger partial charge in [0.1, 0.15) is 28.5 Å². The summed E-state index contributed by atoms with van der Waals surface area (Å²) in [6, 6.07) is 6.30. The summed E-state index contributed by atoms with van der Waals surface area (Å²) in [6.07, 6.45) is 1.09. The van der Waals surface area contributed by atoms with Crippen molar-refractivity contribution in [3.8, 4) is 0 Å². The SMILES string of the molecule is Nc1cc(C(c2cc(F)ccc2F)S(=O)(=O)c2ccc(Cl)c(F)c2)c(Cl)cn1. The fraction of sp³-hybridized carbons (Fsp3) is 0.0556. The predicted octanol–water partition coefficient (Wildman–Crippen LogP) is 4.95. The highest BCUT2D eigenvalue weighted by atomic mass is 35.5. The number of anilines is 1. The van der Waals surface area contributed by atoms with E-state index in [9.17, 15) is 21.6 Å². The summed E-state index contributed by atoms with van der Waals surface area (Å²) in [6.45, 7) is 0. The highest BCUT2D eigenvalue weighted by Crippen LogP contribution is 2.40. The molecule has 0 spiro atoms. The second kappa shape index (κ2) is 7.62. The highest BCUT2D eigenvalue weighted by molar-refractivity contribution is 7.92. The van der Waals surface area contributed by atoms with Gasteiger partial charge in [0.2, 0.25) is 0 Å². The van der Waals surface area contributed by atoms with Gasteiger partial charge < -0.3 is 5.73 Å². The average molecular weight is 447 g/mol. The maximum Gasteiger partial charge on any atom is 0.189 e. The van der Waals surface area contributed by atoms with Crippen LogP contribution in [0.2, 0.25) is 10.0 Å². The van der Waals surface area contributed by atoms with Gasteiger partial charge in [-0.3, -0.25) is 0 Å². The molecule has 0 aliphatic heterocycles. The summed E-state index contributed by atoms with van der Waals surface area (Å²) in [7, 11) is -4.50. The molecule has 3 aromatic rings. The van der Waals surface area contributed by atoms with Crippen LogP contribution in [0, 0.1) is 17.5 Å². The zero-order chi connectivity index (χ0) is 20.6. The van der Waals surface area contributed by atoms with E-state index in [1.54, 1.807) is 0 Å². The van der Waals surface area contributed by atoms with E-state index in [2.05, 4.69) is 4.98 Å². The molecule has 28 heavy (non-hydrogen) atoms. The number of nitrogen functional groups attached to an aromatic ring is 1. The van der Waals surface area contributed by atoms with Crippen LogP contribution in [0.1, 0.15) is 16.4 Å². The van der Waals surface area contributed by atoms with Gasteiger partial charge in [0.25, 0.3) is 0 Å². The van der Waals surface area contributed by atoms with Crippen LogP contribution < -0.4 is 5.73 Å². The summed E-state index contributed by atoms with van der Waals surface area (Å²) >= 11 is 11.7. The third kappa shape index (κ3) is 3.80. The van der Waals surface area contributed by atoms with Gasteiger partial charge in [-0.05, 0) is 48.0 Å². The number of hydrogen-bond acceptors (Lipinski definition) is 4. The molecule has 0 saturated carbocycles. The van der Waals surface area contributed by atoms with Crippen molar-refractivity contribution in [3.05, 3.63) is 87.3 Å². The molecule has 0 radical (unpaired) electrons. The fourth-order valence-electron chi connectivity index (χ4n) is 2.68. The van der Waals surface area contributed by atoms with Gasteiger partial charge in [-0.2, -0.15) is 0 Å². The molecule has 1 atom stereocenters. The molecular formula is C18H11Cl2F3N2O2S. The van der Waals surface area contributed by atoms with Crippen LogP contribution >= 0.6 is 23.2 Å². The summed E-state index contributed by atoms with van der Waals surface area (Å²) in [4.78, 5) is 3.25. The molecular weight excluding hydrogens is 436 g/mol. The monoisotopic (exact) mass is 446 g/mol.